The summed E-state index contributed by atoms with van der Waals surface area (Å²) in [5.41, 5.74) is 3.23. The quantitative estimate of drug-likeness (QED) is 0.625. The largest absolute Gasteiger partial charge is 0.352 e. The second-order valence-electron chi connectivity index (χ2n) is 8.46. The summed E-state index contributed by atoms with van der Waals surface area (Å²) in [7, 11) is -3.72. The Kier molecular flexibility index (Phi) is 8.44. The van der Waals surface area contributed by atoms with E-state index in [-0.39, 0.29) is 18.5 Å². The Morgan fingerprint density at radius 1 is 0.969 bits per heavy atom. The lowest BCUT2D eigenvalue weighted by Crippen LogP contribution is -2.52. The fraction of sp³-hybridized carbons (Fsp3) is 0.417. The van der Waals surface area contributed by atoms with Crippen LogP contribution in [0.3, 0.4) is 0 Å². The van der Waals surface area contributed by atoms with Crippen LogP contribution in [-0.2, 0) is 26.2 Å². The van der Waals surface area contributed by atoms with E-state index in [1.165, 1.54) is 4.90 Å². The third kappa shape index (κ3) is 7.09. The Morgan fingerprint density at radius 3 is 2.12 bits per heavy atom. The van der Waals surface area contributed by atoms with Crippen LogP contribution in [0.2, 0.25) is 0 Å². The lowest BCUT2D eigenvalue weighted by Gasteiger charge is -2.32. The molecule has 0 saturated carbocycles. The molecule has 0 aliphatic carbocycles. The minimum Gasteiger partial charge on any atom is -0.352 e. The molecular weight excluding hydrogens is 426 g/mol. The number of amides is 2. The fourth-order valence-electron chi connectivity index (χ4n) is 3.27. The molecule has 174 valence electrons. The molecule has 0 aliphatic heterocycles. The minimum atomic E-state index is -3.72. The summed E-state index contributed by atoms with van der Waals surface area (Å²) in [6.45, 7) is 8.97. The molecule has 0 bridgehead atoms. The zero-order valence-corrected chi connectivity index (χ0v) is 20.4. The van der Waals surface area contributed by atoms with Crippen molar-refractivity contribution in [2.75, 3.05) is 17.1 Å². The molecule has 0 aromatic heterocycles. The van der Waals surface area contributed by atoms with Crippen molar-refractivity contribution < 1.29 is 18.0 Å². The molecule has 0 saturated heterocycles. The normalized spacial score (nSPS) is 12.3. The van der Waals surface area contributed by atoms with Gasteiger partial charge in [0, 0.05) is 12.6 Å². The van der Waals surface area contributed by atoms with E-state index in [1.807, 2.05) is 58.0 Å². The van der Waals surface area contributed by atoms with E-state index in [1.54, 1.807) is 25.1 Å². The van der Waals surface area contributed by atoms with Crippen LogP contribution in [0, 0.1) is 13.8 Å². The van der Waals surface area contributed by atoms with Crippen molar-refractivity contribution in [3.63, 3.8) is 0 Å². The first-order valence-corrected chi connectivity index (χ1v) is 12.4. The number of rotatable bonds is 9. The molecular formula is C24H33N3O4S. The van der Waals surface area contributed by atoms with Crippen molar-refractivity contribution in [2.24, 2.45) is 0 Å². The number of hydrogen-bond donors (Lipinski definition) is 1. The maximum absolute atomic E-state index is 13.4. The number of anilines is 1. The van der Waals surface area contributed by atoms with E-state index in [4.69, 9.17) is 0 Å². The molecule has 2 aromatic carbocycles. The van der Waals surface area contributed by atoms with Crippen molar-refractivity contribution in [1.29, 1.82) is 0 Å². The molecule has 0 radical (unpaired) electrons. The lowest BCUT2D eigenvalue weighted by atomic mass is 10.1. The van der Waals surface area contributed by atoms with Crippen LogP contribution in [-0.4, -0.2) is 50.0 Å². The topological polar surface area (TPSA) is 86.8 Å². The predicted octanol–water partition coefficient (Wildman–Crippen LogP) is 3.01. The van der Waals surface area contributed by atoms with Gasteiger partial charge in [0.25, 0.3) is 0 Å². The summed E-state index contributed by atoms with van der Waals surface area (Å²) in [5.74, 6) is -0.745. The highest BCUT2D eigenvalue weighted by Gasteiger charge is 2.30. The predicted molar refractivity (Wildman–Crippen MR) is 128 cm³/mol. The first-order valence-electron chi connectivity index (χ1n) is 10.6. The SMILES string of the molecule is Cc1ccc(CN(C(=O)CN(c2cccc(C)c2)S(C)(=O)=O)C(C)C(=O)NC(C)C)cc1. The molecule has 1 unspecified atom stereocenters. The van der Waals surface area contributed by atoms with Gasteiger partial charge in [0.2, 0.25) is 21.8 Å². The first kappa shape index (κ1) is 25.4. The smallest absolute Gasteiger partial charge is 0.244 e. The molecule has 2 amide bonds. The molecule has 0 heterocycles. The standard InChI is InChI=1S/C24H33N3O4S/c1-17(2)25-24(29)20(5)26(15-21-12-10-18(3)11-13-21)23(28)16-27(32(6,30)31)22-9-7-8-19(4)14-22/h7-14,17,20H,15-16H2,1-6H3,(H,25,29). The van der Waals surface area contributed by atoms with Gasteiger partial charge in [-0.3, -0.25) is 13.9 Å². The van der Waals surface area contributed by atoms with E-state index in [0.29, 0.717) is 5.69 Å². The molecule has 1 N–H and O–H groups in total. The van der Waals surface area contributed by atoms with Gasteiger partial charge >= 0.3 is 0 Å². The van der Waals surface area contributed by atoms with E-state index in [0.717, 1.165) is 27.3 Å². The highest BCUT2D eigenvalue weighted by atomic mass is 32.2. The van der Waals surface area contributed by atoms with Gasteiger partial charge in [-0.15, -0.1) is 0 Å². The second kappa shape index (κ2) is 10.6. The average molecular weight is 460 g/mol. The van der Waals surface area contributed by atoms with Crippen LogP contribution < -0.4 is 9.62 Å². The Labute approximate surface area is 191 Å². The third-order valence-corrected chi connectivity index (χ3v) is 6.18. The van der Waals surface area contributed by atoms with Gasteiger partial charge in [-0.1, -0.05) is 42.0 Å². The summed E-state index contributed by atoms with van der Waals surface area (Å²) in [6, 6.07) is 13.8. The Morgan fingerprint density at radius 2 is 1.59 bits per heavy atom. The second-order valence-corrected chi connectivity index (χ2v) is 10.4. The molecule has 32 heavy (non-hydrogen) atoms. The van der Waals surface area contributed by atoms with Crippen molar-refractivity contribution in [2.45, 2.75) is 53.2 Å². The van der Waals surface area contributed by atoms with Crippen molar-refractivity contribution in [1.82, 2.24) is 10.2 Å². The van der Waals surface area contributed by atoms with Gasteiger partial charge in [0.15, 0.2) is 0 Å². The number of nitrogens with one attached hydrogen (secondary N) is 1. The molecule has 7 nitrogen and oxygen atoms in total. The highest BCUT2D eigenvalue weighted by molar-refractivity contribution is 7.92. The highest BCUT2D eigenvalue weighted by Crippen LogP contribution is 2.20. The average Bonchev–Trinajstić information content (AvgIpc) is 2.69. The maximum Gasteiger partial charge on any atom is 0.244 e. The van der Waals surface area contributed by atoms with E-state index in [2.05, 4.69) is 5.32 Å². The lowest BCUT2D eigenvalue weighted by molar-refractivity contribution is -0.139. The molecule has 8 heteroatoms. The molecule has 2 rings (SSSR count). The van der Waals surface area contributed by atoms with Gasteiger partial charge in [-0.05, 0) is 57.9 Å². The number of carbonyl (C=O) groups excluding carboxylic acids is 2. The van der Waals surface area contributed by atoms with Crippen molar-refractivity contribution in [3.05, 3.63) is 65.2 Å². The molecule has 2 aromatic rings. The van der Waals surface area contributed by atoms with Crippen LogP contribution in [0.25, 0.3) is 0 Å². The van der Waals surface area contributed by atoms with Gasteiger partial charge in [-0.2, -0.15) is 0 Å². The van der Waals surface area contributed by atoms with E-state index >= 15 is 0 Å². The van der Waals surface area contributed by atoms with Crippen LogP contribution >= 0.6 is 0 Å². The van der Waals surface area contributed by atoms with Crippen LogP contribution in [0.4, 0.5) is 5.69 Å². The van der Waals surface area contributed by atoms with Gasteiger partial charge < -0.3 is 10.2 Å². The van der Waals surface area contributed by atoms with Crippen LogP contribution in [0.1, 0.15) is 37.5 Å². The summed E-state index contributed by atoms with van der Waals surface area (Å²) in [6.07, 6.45) is 1.07. The number of carbonyl (C=O) groups is 2. The number of benzene rings is 2. The van der Waals surface area contributed by atoms with Crippen molar-refractivity contribution in [3.8, 4) is 0 Å². The van der Waals surface area contributed by atoms with Gasteiger partial charge in [0.05, 0.1) is 11.9 Å². The van der Waals surface area contributed by atoms with Crippen LogP contribution in [0.15, 0.2) is 48.5 Å². The van der Waals surface area contributed by atoms with Crippen molar-refractivity contribution >= 4 is 27.5 Å². The fourth-order valence-corrected chi connectivity index (χ4v) is 4.12. The minimum absolute atomic E-state index is 0.0823. The number of sulfonamides is 1. The first-order chi connectivity index (χ1) is 14.9. The zero-order valence-electron chi connectivity index (χ0n) is 19.6. The maximum atomic E-state index is 13.4. The van der Waals surface area contributed by atoms with Gasteiger partial charge in [-0.25, -0.2) is 8.42 Å². The van der Waals surface area contributed by atoms with Crippen LogP contribution in [0.5, 0.6) is 0 Å². The summed E-state index contributed by atoms with van der Waals surface area (Å²) >= 11 is 0. The monoisotopic (exact) mass is 459 g/mol. The number of nitrogens with zero attached hydrogens (tertiary/aromatic N) is 2. The Balaban J connectivity index is 2.38. The van der Waals surface area contributed by atoms with Gasteiger partial charge in [0.1, 0.15) is 12.6 Å². The Bertz CT molecular complexity index is 1050. The number of aryl methyl sites for hydroxylation is 2. The third-order valence-electron chi connectivity index (χ3n) is 5.04. The summed E-state index contributed by atoms with van der Waals surface area (Å²) < 4.78 is 26.1. The molecule has 0 spiro atoms. The summed E-state index contributed by atoms with van der Waals surface area (Å²) in [4.78, 5) is 27.5. The number of hydrogen-bond acceptors (Lipinski definition) is 4. The molecule has 0 aliphatic rings. The van der Waals surface area contributed by atoms with E-state index in [9.17, 15) is 18.0 Å². The van der Waals surface area contributed by atoms with E-state index < -0.39 is 28.5 Å². The molecule has 1 atom stereocenters. The Hall–Kier alpha value is -2.87. The molecule has 0 fully saturated rings. The zero-order chi connectivity index (χ0) is 24.1. The summed E-state index contributed by atoms with van der Waals surface area (Å²) in [5, 5.41) is 2.83.